The molecular weight excluding hydrogens is 296 g/mol. The van der Waals surface area contributed by atoms with Crippen molar-refractivity contribution in [3.05, 3.63) is 35.4 Å². The lowest BCUT2D eigenvalue weighted by Crippen LogP contribution is -2.47. The molecule has 0 radical (unpaired) electrons. The molecule has 6 heteroatoms. The van der Waals surface area contributed by atoms with E-state index in [1.54, 1.807) is 16.8 Å². The maximum absolute atomic E-state index is 12.7. The zero-order valence-corrected chi connectivity index (χ0v) is 13.1. The van der Waals surface area contributed by atoms with E-state index in [-0.39, 0.29) is 30.7 Å². The third-order valence-electron chi connectivity index (χ3n) is 4.81. The molecule has 2 amide bonds. The number of likely N-dealkylation sites (tertiary alicyclic amines) is 1. The van der Waals surface area contributed by atoms with E-state index in [0.717, 1.165) is 11.1 Å². The van der Waals surface area contributed by atoms with Gasteiger partial charge in [-0.15, -0.1) is 0 Å². The van der Waals surface area contributed by atoms with E-state index in [1.807, 2.05) is 24.3 Å². The van der Waals surface area contributed by atoms with Crippen molar-refractivity contribution >= 4 is 17.8 Å². The number of fused-ring (bicyclic) bond motifs is 1. The smallest absolute Gasteiger partial charge is 0.312 e. The number of carboxylic acids is 1. The summed E-state index contributed by atoms with van der Waals surface area (Å²) >= 11 is 0. The van der Waals surface area contributed by atoms with E-state index in [1.165, 1.54) is 0 Å². The molecule has 2 heterocycles. The van der Waals surface area contributed by atoms with Crippen molar-refractivity contribution in [2.45, 2.75) is 25.3 Å². The molecule has 23 heavy (non-hydrogen) atoms. The van der Waals surface area contributed by atoms with Crippen LogP contribution in [-0.4, -0.2) is 52.8 Å². The Bertz CT molecular complexity index is 658. The number of carbonyl (C=O) groups is 3. The second-order valence-electron chi connectivity index (χ2n) is 6.31. The molecule has 0 saturated carbocycles. The first kappa shape index (κ1) is 15.5. The van der Waals surface area contributed by atoms with Crippen LogP contribution in [0, 0.1) is 5.92 Å². The number of hydrogen-bond donors (Lipinski definition) is 1. The zero-order valence-electron chi connectivity index (χ0n) is 13.1. The summed E-state index contributed by atoms with van der Waals surface area (Å²) in [5, 5.41) is 9.47. The molecule has 0 aliphatic carbocycles. The van der Waals surface area contributed by atoms with E-state index < -0.39 is 11.9 Å². The van der Waals surface area contributed by atoms with Gasteiger partial charge in [0.05, 0.1) is 5.92 Å². The van der Waals surface area contributed by atoms with Gasteiger partial charge in [-0.2, -0.15) is 0 Å². The largest absolute Gasteiger partial charge is 0.481 e. The highest BCUT2D eigenvalue weighted by Crippen LogP contribution is 2.30. The highest BCUT2D eigenvalue weighted by atomic mass is 16.4. The van der Waals surface area contributed by atoms with Gasteiger partial charge in [0.2, 0.25) is 11.8 Å². The third kappa shape index (κ3) is 2.93. The van der Waals surface area contributed by atoms with E-state index in [9.17, 15) is 19.5 Å². The molecule has 1 fully saturated rings. The lowest BCUT2D eigenvalue weighted by molar-refractivity contribution is -0.147. The van der Waals surface area contributed by atoms with Crippen LogP contribution in [-0.2, 0) is 20.9 Å². The molecule has 122 valence electrons. The van der Waals surface area contributed by atoms with Gasteiger partial charge in [-0.1, -0.05) is 24.3 Å². The first-order chi connectivity index (χ1) is 11.0. The maximum Gasteiger partial charge on any atom is 0.312 e. The molecule has 1 aromatic carbocycles. The Morgan fingerprint density at radius 1 is 1.26 bits per heavy atom. The summed E-state index contributed by atoms with van der Waals surface area (Å²) in [4.78, 5) is 39.4. The highest BCUT2D eigenvalue weighted by molar-refractivity contribution is 5.88. The zero-order chi connectivity index (χ0) is 16.6. The van der Waals surface area contributed by atoms with Crippen LogP contribution in [0.2, 0.25) is 0 Å². The fourth-order valence-corrected chi connectivity index (χ4v) is 3.40. The van der Waals surface area contributed by atoms with Crippen molar-refractivity contribution in [1.82, 2.24) is 9.80 Å². The summed E-state index contributed by atoms with van der Waals surface area (Å²) in [6.07, 6.45) is 0.849. The third-order valence-corrected chi connectivity index (χ3v) is 4.81. The molecule has 2 aliphatic rings. The van der Waals surface area contributed by atoms with Crippen molar-refractivity contribution in [1.29, 1.82) is 0 Å². The van der Waals surface area contributed by atoms with Crippen LogP contribution in [0.4, 0.5) is 0 Å². The van der Waals surface area contributed by atoms with Crippen LogP contribution < -0.4 is 0 Å². The van der Waals surface area contributed by atoms with Crippen LogP contribution in [0.3, 0.4) is 0 Å². The first-order valence-electron chi connectivity index (χ1n) is 7.80. The van der Waals surface area contributed by atoms with Gasteiger partial charge in [-0.05, 0) is 17.5 Å². The minimum atomic E-state index is -0.922. The second-order valence-corrected chi connectivity index (χ2v) is 6.31. The minimum Gasteiger partial charge on any atom is -0.481 e. The number of piperidine rings is 1. The Hall–Kier alpha value is -2.37. The van der Waals surface area contributed by atoms with Crippen molar-refractivity contribution in [3.8, 4) is 0 Å². The van der Waals surface area contributed by atoms with Crippen molar-refractivity contribution in [2.75, 3.05) is 20.1 Å². The lowest BCUT2D eigenvalue weighted by atomic mass is 9.88. The predicted molar refractivity (Wildman–Crippen MR) is 82.6 cm³/mol. The molecular formula is C17H20N2O4. The number of aliphatic carboxylic acids is 1. The highest BCUT2D eigenvalue weighted by Gasteiger charge is 2.37. The molecule has 0 aromatic heterocycles. The summed E-state index contributed by atoms with van der Waals surface area (Å²) < 4.78 is 0. The summed E-state index contributed by atoms with van der Waals surface area (Å²) in [7, 11) is 1.74. The normalized spacial score (nSPS) is 24.3. The molecule has 0 bridgehead atoms. The monoisotopic (exact) mass is 316 g/mol. The first-order valence-corrected chi connectivity index (χ1v) is 7.80. The van der Waals surface area contributed by atoms with Crippen molar-refractivity contribution < 1.29 is 19.5 Å². The summed E-state index contributed by atoms with van der Waals surface area (Å²) in [6.45, 7) is 1.16. The number of hydrogen-bond acceptors (Lipinski definition) is 3. The van der Waals surface area contributed by atoms with Crippen LogP contribution in [0.1, 0.15) is 29.9 Å². The van der Waals surface area contributed by atoms with Crippen LogP contribution in [0.25, 0.3) is 0 Å². The SMILES string of the molecule is CN1CCC(C(=O)N2Cc3ccccc3C(C(=O)O)C2)CC1=O. The van der Waals surface area contributed by atoms with E-state index in [2.05, 4.69) is 0 Å². The molecule has 0 spiro atoms. The maximum atomic E-state index is 12.7. The molecule has 6 nitrogen and oxygen atoms in total. The number of nitrogens with zero attached hydrogens (tertiary/aromatic N) is 2. The quantitative estimate of drug-likeness (QED) is 0.885. The van der Waals surface area contributed by atoms with E-state index in [4.69, 9.17) is 0 Å². The molecule has 3 rings (SSSR count). The molecule has 1 N–H and O–H groups in total. The van der Waals surface area contributed by atoms with Gasteiger partial charge in [-0.25, -0.2) is 0 Å². The van der Waals surface area contributed by atoms with Gasteiger partial charge in [-0.3, -0.25) is 14.4 Å². The number of rotatable bonds is 2. The fourth-order valence-electron chi connectivity index (χ4n) is 3.40. The summed E-state index contributed by atoms with van der Waals surface area (Å²) in [5.74, 6) is -2.09. The number of benzene rings is 1. The average molecular weight is 316 g/mol. The fraction of sp³-hybridized carbons (Fsp3) is 0.471. The Morgan fingerprint density at radius 2 is 2.00 bits per heavy atom. The molecule has 2 unspecified atom stereocenters. The predicted octanol–water partition coefficient (Wildman–Crippen LogP) is 1.07. The number of carboxylic acid groups (broad SMARTS) is 1. The Balaban J connectivity index is 1.80. The topological polar surface area (TPSA) is 77.9 Å². The summed E-state index contributed by atoms with van der Waals surface area (Å²) in [5.41, 5.74) is 1.65. The van der Waals surface area contributed by atoms with E-state index in [0.29, 0.717) is 19.5 Å². The van der Waals surface area contributed by atoms with E-state index >= 15 is 0 Å². The van der Waals surface area contributed by atoms with Gasteiger partial charge < -0.3 is 14.9 Å². The Kier molecular flexibility index (Phi) is 4.07. The summed E-state index contributed by atoms with van der Waals surface area (Å²) in [6, 6.07) is 7.35. The minimum absolute atomic E-state index is 0.0261. The van der Waals surface area contributed by atoms with Gasteiger partial charge in [0.25, 0.3) is 0 Å². The van der Waals surface area contributed by atoms with Crippen molar-refractivity contribution in [2.24, 2.45) is 5.92 Å². The van der Waals surface area contributed by atoms with Gasteiger partial charge in [0.1, 0.15) is 0 Å². The van der Waals surface area contributed by atoms with Crippen LogP contribution in [0.15, 0.2) is 24.3 Å². The number of amides is 2. The van der Waals surface area contributed by atoms with Gasteiger partial charge >= 0.3 is 5.97 Å². The standard InChI is InChI=1S/C17H20N2O4/c1-18-7-6-11(8-15(18)20)16(21)19-9-12-4-2-3-5-13(12)14(10-19)17(22)23/h2-5,11,14H,6-10H2,1H3,(H,22,23). The van der Waals surface area contributed by atoms with Crippen molar-refractivity contribution in [3.63, 3.8) is 0 Å². The van der Waals surface area contributed by atoms with Crippen LogP contribution >= 0.6 is 0 Å². The Labute approximate surface area is 134 Å². The molecule has 1 saturated heterocycles. The number of carbonyl (C=O) groups excluding carboxylic acids is 2. The second kappa shape index (κ2) is 6.02. The van der Waals surface area contributed by atoms with Gasteiger partial charge in [0.15, 0.2) is 0 Å². The molecule has 2 aliphatic heterocycles. The average Bonchev–Trinajstić information content (AvgIpc) is 2.55. The molecule has 1 aromatic rings. The van der Waals surface area contributed by atoms with Gasteiger partial charge in [0, 0.05) is 39.0 Å². The lowest BCUT2D eigenvalue weighted by Gasteiger charge is -2.36. The molecule has 2 atom stereocenters. The van der Waals surface area contributed by atoms with Crippen LogP contribution in [0.5, 0.6) is 0 Å². The Morgan fingerprint density at radius 3 is 2.70 bits per heavy atom.